The SMILES string of the molecule is Cc1cccc(C(=O)NCC(=O)NCC(N)=O)c1. The highest BCUT2D eigenvalue weighted by molar-refractivity contribution is 5.96. The third-order valence-electron chi connectivity index (χ3n) is 2.15. The fourth-order valence-electron chi connectivity index (χ4n) is 1.30. The average molecular weight is 249 g/mol. The van der Waals surface area contributed by atoms with Crippen LogP contribution in [0.4, 0.5) is 0 Å². The highest BCUT2D eigenvalue weighted by atomic mass is 16.2. The summed E-state index contributed by atoms with van der Waals surface area (Å²) in [4.78, 5) is 33.3. The summed E-state index contributed by atoms with van der Waals surface area (Å²) in [5, 5.41) is 4.72. The minimum absolute atomic E-state index is 0.194. The van der Waals surface area contributed by atoms with Gasteiger partial charge in [0.1, 0.15) is 0 Å². The maximum absolute atomic E-state index is 11.7. The van der Waals surface area contributed by atoms with Gasteiger partial charge in [-0.15, -0.1) is 0 Å². The van der Waals surface area contributed by atoms with Gasteiger partial charge in [0.25, 0.3) is 5.91 Å². The number of nitrogens with two attached hydrogens (primary N) is 1. The molecule has 6 heteroatoms. The Hall–Kier alpha value is -2.37. The number of carbonyl (C=O) groups is 3. The maximum Gasteiger partial charge on any atom is 0.251 e. The molecule has 3 amide bonds. The van der Waals surface area contributed by atoms with Crippen LogP contribution < -0.4 is 16.4 Å². The third kappa shape index (κ3) is 4.65. The van der Waals surface area contributed by atoms with Gasteiger partial charge in [-0.05, 0) is 19.1 Å². The van der Waals surface area contributed by atoms with Crippen molar-refractivity contribution in [3.8, 4) is 0 Å². The predicted octanol–water partition coefficient (Wildman–Crippen LogP) is -0.674. The molecule has 1 aromatic carbocycles. The first-order valence-corrected chi connectivity index (χ1v) is 5.39. The van der Waals surface area contributed by atoms with Crippen molar-refractivity contribution in [3.05, 3.63) is 35.4 Å². The summed E-state index contributed by atoms with van der Waals surface area (Å²) in [6.45, 7) is 1.44. The van der Waals surface area contributed by atoms with Crippen molar-refractivity contribution < 1.29 is 14.4 Å². The number of hydrogen-bond acceptors (Lipinski definition) is 3. The number of carbonyl (C=O) groups excluding carboxylic acids is 3. The van der Waals surface area contributed by atoms with Gasteiger partial charge in [-0.2, -0.15) is 0 Å². The van der Waals surface area contributed by atoms with Crippen LogP contribution in [0.5, 0.6) is 0 Å². The Labute approximate surface area is 105 Å². The molecule has 6 nitrogen and oxygen atoms in total. The largest absolute Gasteiger partial charge is 0.368 e. The number of hydrogen-bond donors (Lipinski definition) is 3. The van der Waals surface area contributed by atoms with Crippen LogP contribution in [0.2, 0.25) is 0 Å². The van der Waals surface area contributed by atoms with Crippen molar-refractivity contribution in [2.45, 2.75) is 6.92 Å². The van der Waals surface area contributed by atoms with Crippen molar-refractivity contribution in [2.24, 2.45) is 5.73 Å². The van der Waals surface area contributed by atoms with E-state index >= 15 is 0 Å². The zero-order valence-corrected chi connectivity index (χ0v) is 10.0. The van der Waals surface area contributed by atoms with Crippen LogP contribution in [0.3, 0.4) is 0 Å². The molecular formula is C12H15N3O3. The van der Waals surface area contributed by atoms with Gasteiger partial charge in [0, 0.05) is 5.56 Å². The van der Waals surface area contributed by atoms with E-state index in [4.69, 9.17) is 5.73 Å². The Kier molecular flexibility index (Phi) is 4.86. The van der Waals surface area contributed by atoms with Crippen LogP contribution >= 0.6 is 0 Å². The summed E-state index contributed by atoms with van der Waals surface area (Å²) in [6, 6.07) is 7.01. The normalized spacial score (nSPS) is 9.61. The van der Waals surface area contributed by atoms with Gasteiger partial charge in [0.2, 0.25) is 11.8 Å². The molecule has 0 atom stereocenters. The molecule has 0 bridgehead atoms. The molecule has 0 aliphatic heterocycles. The lowest BCUT2D eigenvalue weighted by atomic mass is 10.1. The van der Waals surface area contributed by atoms with Crippen molar-refractivity contribution in [2.75, 3.05) is 13.1 Å². The zero-order chi connectivity index (χ0) is 13.5. The molecule has 0 aromatic heterocycles. The molecule has 0 spiro atoms. The second-order valence-electron chi connectivity index (χ2n) is 3.80. The Bertz CT molecular complexity index is 471. The van der Waals surface area contributed by atoms with Crippen LogP contribution in [0.25, 0.3) is 0 Å². The van der Waals surface area contributed by atoms with Crippen LogP contribution in [-0.4, -0.2) is 30.8 Å². The second kappa shape index (κ2) is 6.39. The first kappa shape index (κ1) is 13.7. The molecule has 1 rings (SSSR count). The standard InChI is InChI=1S/C12H15N3O3/c1-8-3-2-4-9(5-8)12(18)15-7-11(17)14-6-10(13)16/h2-5H,6-7H2,1H3,(H2,13,16)(H,14,17)(H,15,18). The van der Waals surface area contributed by atoms with E-state index in [0.717, 1.165) is 5.56 Å². The number of amides is 3. The first-order valence-electron chi connectivity index (χ1n) is 5.39. The van der Waals surface area contributed by atoms with Gasteiger partial charge in [0.15, 0.2) is 0 Å². The van der Waals surface area contributed by atoms with Crippen molar-refractivity contribution >= 4 is 17.7 Å². The van der Waals surface area contributed by atoms with Gasteiger partial charge in [-0.25, -0.2) is 0 Å². The van der Waals surface area contributed by atoms with Crippen LogP contribution in [0.15, 0.2) is 24.3 Å². The summed E-state index contributed by atoms with van der Waals surface area (Å²) in [7, 11) is 0. The van der Waals surface area contributed by atoms with Crippen LogP contribution in [0, 0.1) is 6.92 Å². The van der Waals surface area contributed by atoms with E-state index in [0.29, 0.717) is 5.56 Å². The summed E-state index contributed by atoms with van der Waals surface area (Å²) in [5.74, 6) is -1.43. The molecule has 0 fully saturated rings. The van der Waals surface area contributed by atoms with Gasteiger partial charge < -0.3 is 16.4 Å². The van der Waals surface area contributed by atoms with Gasteiger partial charge in [0.05, 0.1) is 13.1 Å². The molecule has 0 heterocycles. The fraction of sp³-hybridized carbons (Fsp3) is 0.250. The fourth-order valence-corrected chi connectivity index (χ4v) is 1.30. The molecule has 0 aliphatic carbocycles. The van der Waals surface area contributed by atoms with E-state index in [-0.39, 0.29) is 19.0 Å². The number of nitrogens with one attached hydrogen (secondary N) is 2. The molecule has 0 radical (unpaired) electrons. The third-order valence-corrected chi connectivity index (χ3v) is 2.15. The van der Waals surface area contributed by atoms with Gasteiger partial charge in [-0.3, -0.25) is 14.4 Å². The Morgan fingerprint density at radius 1 is 1.17 bits per heavy atom. The highest BCUT2D eigenvalue weighted by Gasteiger charge is 2.08. The smallest absolute Gasteiger partial charge is 0.251 e. The number of rotatable bonds is 5. The lowest BCUT2D eigenvalue weighted by Crippen LogP contribution is -2.40. The molecule has 96 valence electrons. The summed E-state index contributed by atoms with van der Waals surface area (Å²) in [6.07, 6.45) is 0. The number of benzene rings is 1. The molecule has 0 saturated heterocycles. The minimum atomic E-state index is -0.631. The predicted molar refractivity (Wildman–Crippen MR) is 65.7 cm³/mol. The van der Waals surface area contributed by atoms with E-state index < -0.39 is 11.8 Å². The summed E-state index contributed by atoms with van der Waals surface area (Å²) < 4.78 is 0. The first-order chi connectivity index (χ1) is 8.49. The molecular weight excluding hydrogens is 234 g/mol. The van der Waals surface area contributed by atoms with Crippen LogP contribution in [-0.2, 0) is 9.59 Å². The van der Waals surface area contributed by atoms with Crippen molar-refractivity contribution in [3.63, 3.8) is 0 Å². The molecule has 1 aromatic rings. The number of primary amides is 1. The highest BCUT2D eigenvalue weighted by Crippen LogP contribution is 2.03. The molecule has 0 saturated carbocycles. The second-order valence-corrected chi connectivity index (χ2v) is 3.80. The summed E-state index contributed by atoms with van der Waals surface area (Å²) in [5.41, 5.74) is 6.31. The quantitative estimate of drug-likeness (QED) is 0.644. The summed E-state index contributed by atoms with van der Waals surface area (Å²) >= 11 is 0. The van der Waals surface area contributed by atoms with E-state index in [1.807, 2.05) is 13.0 Å². The maximum atomic E-state index is 11.7. The lowest BCUT2D eigenvalue weighted by molar-refractivity contribution is -0.124. The Morgan fingerprint density at radius 3 is 2.50 bits per heavy atom. The topological polar surface area (TPSA) is 101 Å². The van der Waals surface area contributed by atoms with E-state index in [1.165, 1.54) is 0 Å². The van der Waals surface area contributed by atoms with Gasteiger partial charge in [-0.1, -0.05) is 17.7 Å². The molecule has 18 heavy (non-hydrogen) atoms. The van der Waals surface area contributed by atoms with Crippen molar-refractivity contribution in [1.82, 2.24) is 10.6 Å². The Balaban J connectivity index is 2.42. The number of aryl methyl sites for hydroxylation is 1. The monoisotopic (exact) mass is 249 g/mol. The van der Waals surface area contributed by atoms with Gasteiger partial charge >= 0.3 is 0 Å². The van der Waals surface area contributed by atoms with E-state index in [2.05, 4.69) is 10.6 Å². The molecule has 0 aliphatic rings. The Morgan fingerprint density at radius 2 is 1.89 bits per heavy atom. The van der Waals surface area contributed by atoms with Crippen molar-refractivity contribution in [1.29, 1.82) is 0 Å². The van der Waals surface area contributed by atoms with E-state index in [9.17, 15) is 14.4 Å². The molecule has 0 unspecified atom stereocenters. The van der Waals surface area contributed by atoms with Crippen LogP contribution in [0.1, 0.15) is 15.9 Å². The average Bonchev–Trinajstić information content (AvgIpc) is 2.33. The van der Waals surface area contributed by atoms with E-state index in [1.54, 1.807) is 18.2 Å². The lowest BCUT2D eigenvalue weighted by Gasteiger charge is -2.06. The zero-order valence-electron chi connectivity index (χ0n) is 10.0. The minimum Gasteiger partial charge on any atom is -0.368 e. The molecule has 4 N–H and O–H groups in total.